The highest BCUT2D eigenvalue weighted by atomic mass is 16.8. The van der Waals surface area contributed by atoms with Crippen LogP contribution in [-0.4, -0.2) is 147 Å². The Balaban J connectivity index is 0.914. The number of carbonyl (C=O) groups excluding carboxylic acids is 5. The highest BCUT2D eigenvalue weighted by molar-refractivity contribution is 5.81. The molecule has 11 aliphatic rings. The maximum absolute atomic E-state index is 16.5. The van der Waals surface area contributed by atoms with Gasteiger partial charge in [0, 0.05) is 31.6 Å². The molecule has 11 rings (SSSR count). The summed E-state index contributed by atoms with van der Waals surface area (Å²) in [5.74, 6) is -2.04. The fourth-order valence-electron chi connectivity index (χ4n) is 21.7. The lowest BCUT2D eigenvalue weighted by atomic mass is 9.32. The molecule has 5 aliphatic carbocycles. The second-order valence-electron chi connectivity index (χ2n) is 35.0. The lowest BCUT2D eigenvalue weighted by Crippen LogP contribution is -2.68. The number of Topliss-reactive ketones (excluding diaryl/α,β-unsaturated/α-hetero) is 1. The Morgan fingerprint density at radius 3 is 1.84 bits per heavy atom. The van der Waals surface area contributed by atoms with E-state index in [2.05, 4.69) is 103 Å². The Morgan fingerprint density at radius 1 is 0.562 bits per heavy atom. The quantitative estimate of drug-likeness (QED) is 0.0490. The van der Waals surface area contributed by atoms with Gasteiger partial charge >= 0.3 is 17.9 Å². The van der Waals surface area contributed by atoms with Crippen molar-refractivity contribution in [2.75, 3.05) is 6.61 Å². The van der Waals surface area contributed by atoms with Gasteiger partial charge in [-0.3, -0.25) is 19.2 Å². The van der Waals surface area contributed by atoms with Gasteiger partial charge in [0.1, 0.15) is 36.8 Å². The number of carbonyl (C=O) groups is 5. The van der Waals surface area contributed by atoms with Crippen molar-refractivity contribution in [2.45, 2.75) is 334 Å². The fraction of sp³-hybridized carbons (Fsp3) is 0.909. The van der Waals surface area contributed by atoms with Crippen molar-refractivity contribution in [3.63, 3.8) is 0 Å². The molecule has 4 saturated carbocycles. The third-order valence-electron chi connectivity index (χ3n) is 28.5. The molecule has 6 heterocycles. The smallest absolute Gasteiger partial charge is 0.315 e. The summed E-state index contributed by atoms with van der Waals surface area (Å²) >= 11 is 0. The molecule has 0 spiro atoms. The van der Waals surface area contributed by atoms with Crippen LogP contribution in [0.4, 0.5) is 0 Å². The Morgan fingerprint density at radius 2 is 1.19 bits per heavy atom. The van der Waals surface area contributed by atoms with Gasteiger partial charge in [-0.25, -0.2) is 0 Å². The average Bonchev–Trinajstić information content (AvgIpc) is 0.729. The molecule has 10 fully saturated rings. The third kappa shape index (κ3) is 12.6. The number of hydrogen-bond donors (Lipinski definition) is 0. The Hall–Kier alpha value is -2.95. The number of fused-ring (bicyclic) bond motifs is 8. The minimum atomic E-state index is -1.41. The van der Waals surface area contributed by atoms with Gasteiger partial charge in [-0.2, -0.15) is 0 Å². The molecule has 0 aromatic heterocycles. The first kappa shape index (κ1) is 74.2. The van der Waals surface area contributed by atoms with Crippen LogP contribution in [0, 0.1) is 104 Å². The van der Waals surface area contributed by atoms with E-state index in [4.69, 9.17) is 66.3 Å². The number of aldehydes is 1. The highest BCUT2D eigenvalue weighted by Gasteiger charge is 2.73. The van der Waals surface area contributed by atoms with Gasteiger partial charge in [0.15, 0.2) is 55.0 Å². The lowest BCUT2D eigenvalue weighted by Gasteiger charge is -2.72. The van der Waals surface area contributed by atoms with Crippen molar-refractivity contribution < 1.29 is 90.3 Å². The van der Waals surface area contributed by atoms with E-state index in [0.717, 1.165) is 44.9 Å². The molecule has 0 amide bonds. The maximum Gasteiger partial charge on any atom is 0.315 e. The van der Waals surface area contributed by atoms with Crippen LogP contribution in [-0.2, 0) is 90.3 Å². The summed E-state index contributed by atoms with van der Waals surface area (Å²) in [5.41, 5.74) is -1.20. The largest absolute Gasteiger partial charge is 0.457 e. The molecule has 19 heteroatoms. The van der Waals surface area contributed by atoms with Gasteiger partial charge < -0.3 is 71.1 Å². The molecule has 34 atom stereocenters. The van der Waals surface area contributed by atoms with Crippen molar-refractivity contribution in [3.05, 3.63) is 11.6 Å². The predicted octanol–water partition coefficient (Wildman–Crippen LogP) is 13.1. The van der Waals surface area contributed by atoms with Crippen LogP contribution in [0.3, 0.4) is 0 Å². The average molecular weight is 1350 g/mol. The number of esters is 3. The first-order valence-corrected chi connectivity index (χ1v) is 37.3. The molecular weight excluding hydrogens is 1230 g/mol. The standard InChI is InChI=1S/C77H122O19/c1-24-53-41(6)43(8)58(86-49(14)80)67(88-53)92-61-59(91-65-44(9)39(4)37(2)35-83-65)47(12)84-68(63(61)87-50(15)81)93-64-62-60(95-72(18,19)96-62)48(13)85-69(64)94-70(82)77-32-31-71(16,17)34-52(77)51-25-26-55-73(20)29-28-56(89-66-45(10)40(5)42(7)57(90-66)46(11)79)74(21,36-78)54(73)27-30-75(55,22)76(51,23)33-38(77)3/h25,36-45,47-48,52-69H,24,26-35H2,1-23H3/t37-,38?,39+,40-,41+,42+,43+,44?,45?,47?,48?,52?,53?,54-,55?,56+,57?,58?,59+,60+,61+,62+,63?,64?,65+,66?,67+,68+,69+,73?,74-,75+,76-,77+/m1/s1. The zero-order valence-corrected chi connectivity index (χ0v) is 62.4. The summed E-state index contributed by atoms with van der Waals surface area (Å²) in [6.07, 6.45) is -3.38. The molecule has 6 aliphatic heterocycles. The van der Waals surface area contributed by atoms with E-state index in [9.17, 15) is 19.2 Å². The first-order valence-electron chi connectivity index (χ1n) is 37.3. The van der Waals surface area contributed by atoms with Gasteiger partial charge in [-0.15, -0.1) is 0 Å². The maximum atomic E-state index is 16.5. The number of ether oxygens (including phenoxy) is 14. The minimum absolute atomic E-state index is 0.000996. The third-order valence-corrected chi connectivity index (χ3v) is 28.5. The molecule has 0 aromatic carbocycles. The summed E-state index contributed by atoms with van der Waals surface area (Å²) in [4.78, 5) is 70.0. The summed E-state index contributed by atoms with van der Waals surface area (Å²) in [6.45, 7) is 47.7. The second-order valence-corrected chi connectivity index (χ2v) is 35.0. The Labute approximate surface area is 573 Å². The van der Waals surface area contributed by atoms with Crippen LogP contribution in [0.5, 0.6) is 0 Å². The molecular formula is C77H122O19. The molecule has 14 unspecified atom stereocenters. The molecule has 96 heavy (non-hydrogen) atoms. The van der Waals surface area contributed by atoms with E-state index in [-0.39, 0.29) is 117 Å². The van der Waals surface area contributed by atoms with E-state index in [0.29, 0.717) is 25.9 Å². The zero-order valence-electron chi connectivity index (χ0n) is 62.4. The van der Waals surface area contributed by atoms with Gasteiger partial charge in [0.2, 0.25) is 6.29 Å². The predicted molar refractivity (Wildman–Crippen MR) is 355 cm³/mol. The van der Waals surface area contributed by atoms with E-state index in [1.54, 1.807) is 6.92 Å². The zero-order chi connectivity index (χ0) is 70.2. The Bertz CT molecular complexity index is 2900. The van der Waals surface area contributed by atoms with Gasteiger partial charge in [0.25, 0.3) is 0 Å². The first-order chi connectivity index (χ1) is 44.8. The lowest BCUT2D eigenvalue weighted by molar-refractivity contribution is -0.386. The number of allylic oxidation sites excluding steroid dienone is 2. The normalized spacial score (nSPS) is 51.9. The van der Waals surface area contributed by atoms with Crippen LogP contribution in [0.1, 0.15) is 223 Å². The van der Waals surface area contributed by atoms with Crippen molar-refractivity contribution in [1.29, 1.82) is 0 Å². The van der Waals surface area contributed by atoms with Crippen molar-refractivity contribution in [1.82, 2.24) is 0 Å². The number of hydrogen-bond acceptors (Lipinski definition) is 19. The summed E-state index contributed by atoms with van der Waals surface area (Å²) in [5, 5.41) is 0. The topological polar surface area (TPSA) is 215 Å². The van der Waals surface area contributed by atoms with Gasteiger partial charge in [0.05, 0.1) is 41.9 Å². The van der Waals surface area contributed by atoms with Crippen LogP contribution in [0.25, 0.3) is 0 Å². The molecule has 544 valence electrons. The highest BCUT2D eigenvalue weighted by Crippen LogP contribution is 2.77. The SMILES string of the molecule is CCC1O[C@@H](O[C@@H]2C(OC(C)=O)[C@H](OC3[C@H](OC(=O)[C@]45CCC(C)(C)CC4C4=CCC6C7(C)CC[C@H](OC8OC(C(C)=O)[C@@H](C)[C@@H](C)C8C)[C@](C)(C=O)[C@@H]7CC[C@]6(C)[C@]4(C)CC5C)OC(C)[C@@H]4OC(C)(C)O[C@H]34)OC(C)[C@@H]2O[C@@H]2OC[C@@H](C)[C@H](C)C2C)C(OC(C)=O)[C@@H](C)[C@@H]1C. The van der Waals surface area contributed by atoms with Crippen LogP contribution < -0.4 is 0 Å². The fourth-order valence-corrected chi connectivity index (χ4v) is 21.7. The molecule has 0 radical (unpaired) electrons. The summed E-state index contributed by atoms with van der Waals surface area (Å²) in [6, 6.07) is 0. The van der Waals surface area contributed by atoms with Gasteiger partial charge in [-0.05, 0) is 174 Å². The molecule has 0 bridgehead atoms. The van der Waals surface area contributed by atoms with Crippen molar-refractivity contribution in [2.24, 2.45) is 104 Å². The van der Waals surface area contributed by atoms with Crippen LogP contribution >= 0.6 is 0 Å². The molecule has 0 N–H and O–H groups in total. The molecule has 0 aromatic rings. The van der Waals surface area contributed by atoms with Crippen molar-refractivity contribution in [3.8, 4) is 0 Å². The van der Waals surface area contributed by atoms with E-state index in [1.807, 2.05) is 41.5 Å². The van der Waals surface area contributed by atoms with E-state index in [1.165, 1.54) is 25.7 Å². The Kier molecular flexibility index (Phi) is 20.9. The number of ketones is 1. The second kappa shape index (κ2) is 27.0. The van der Waals surface area contributed by atoms with E-state index < -0.39 is 121 Å². The minimum Gasteiger partial charge on any atom is -0.457 e. The molecule has 19 nitrogen and oxygen atoms in total. The van der Waals surface area contributed by atoms with E-state index >= 15 is 4.79 Å². The van der Waals surface area contributed by atoms with Crippen LogP contribution in [0.15, 0.2) is 11.6 Å². The monoisotopic (exact) mass is 1350 g/mol. The summed E-state index contributed by atoms with van der Waals surface area (Å²) in [7, 11) is 0. The summed E-state index contributed by atoms with van der Waals surface area (Å²) < 4.78 is 95.2. The number of rotatable bonds is 15. The van der Waals surface area contributed by atoms with Crippen molar-refractivity contribution >= 4 is 30.0 Å². The van der Waals surface area contributed by atoms with Gasteiger partial charge in [-0.1, -0.05) is 122 Å². The van der Waals surface area contributed by atoms with Crippen LogP contribution in [0.2, 0.25) is 0 Å². The molecule has 6 saturated heterocycles.